The molecule has 15 heavy (non-hydrogen) atoms. The van der Waals surface area contributed by atoms with Gasteiger partial charge >= 0.3 is 0 Å². The number of rotatable bonds is 5. The summed E-state index contributed by atoms with van der Waals surface area (Å²) in [5.74, 6) is -0.0892. The lowest BCUT2D eigenvalue weighted by Crippen LogP contribution is -2.40. The van der Waals surface area contributed by atoms with Crippen LogP contribution in [-0.2, 0) is 11.3 Å². The zero-order valence-electron chi connectivity index (χ0n) is 8.94. The molecule has 0 spiro atoms. The number of nitrogens with two attached hydrogens (primary N) is 1. The quantitative estimate of drug-likeness (QED) is 0.751. The summed E-state index contributed by atoms with van der Waals surface area (Å²) in [6, 6.07) is 3.34. The van der Waals surface area contributed by atoms with Crippen LogP contribution in [0.25, 0.3) is 0 Å². The van der Waals surface area contributed by atoms with E-state index in [0.717, 1.165) is 18.4 Å². The molecule has 3 N–H and O–H groups in total. The zero-order valence-corrected chi connectivity index (χ0v) is 8.94. The highest BCUT2D eigenvalue weighted by atomic mass is 16.2. The topological polar surface area (TPSA) is 68.0 Å². The number of pyridine rings is 1. The maximum absolute atomic E-state index is 11.5. The van der Waals surface area contributed by atoms with Gasteiger partial charge in [0.2, 0.25) is 5.91 Å². The molecule has 0 aromatic carbocycles. The predicted molar refractivity (Wildman–Crippen MR) is 59.0 cm³/mol. The number of carbonyl (C=O) groups excluding carboxylic acids is 1. The van der Waals surface area contributed by atoms with Crippen molar-refractivity contribution < 1.29 is 4.79 Å². The Bertz CT molecular complexity index is 300. The van der Waals surface area contributed by atoms with Gasteiger partial charge in [0, 0.05) is 18.9 Å². The molecule has 1 unspecified atom stereocenters. The third kappa shape index (κ3) is 4.08. The first-order valence-electron chi connectivity index (χ1n) is 5.16. The number of amides is 1. The molecule has 1 aromatic rings. The Kier molecular flexibility index (Phi) is 4.77. The summed E-state index contributed by atoms with van der Waals surface area (Å²) >= 11 is 0. The molecule has 4 heteroatoms. The fraction of sp³-hybridized carbons (Fsp3) is 0.455. The maximum atomic E-state index is 11.5. The smallest absolute Gasteiger partial charge is 0.237 e. The number of hydrogen-bond acceptors (Lipinski definition) is 3. The van der Waals surface area contributed by atoms with Crippen molar-refractivity contribution in [1.29, 1.82) is 0 Å². The van der Waals surface area contributed by atoms with E-state index >= 15 is 0 Å². The Labute approximate surface area is 89.9 Å². The van der Waals surface area contributed by atoms with Gasteiger partial charge in [-0.1, -0.05) is 13.3 Å². The molecule has 1 atom stereocenters. The minimum atomic E-state index is -0.392. The van der Waals surface area contributed by atoms with Crippen molar-refractivity contribution in [2.75, 3.05) is 0 Å². The molecule has 82 valence electrons. The number of hydrogen-bond donors (Lipinski definition) is 2. The van der Waals surface area contributed by atoms with Crippen molar-refractivity contribution in [3.05, 3.63) is 30.1 Å². The fourth-order valence-electron chi connectivity index (χ4n) is 1.26. The molecule has 0 aliphatic heterocycles. The highest BCUT2D eigenvalue weighted by Gasteiger charge is 2.10. The molecule has 1 amide bonds. The van der Waals surface area contributed by atoms with Crippen LogP contribution in [0.5, 0.6) is 0 Å². The second-order valence-electron chi connectivity index (χ2n) is 3.47. The van der Waals surface area contributed by atoms with E-state index in [2.05, 4.69) is 10.3 Å². The van der Waals surface area contributed by atoms with Crippen LogP contribution in [-0.4, -0.2) is 16.9 Å². The second kappa shape index (κ2) is 6.14. The summed E-state index contributed by atoms with van der Waals surface area (Å²) < 4.78 is 0. The second-order valence-corrected chi connectivity index (χ2v) is 3.47. The van der Waals surface area contributed by atoms with Crippen molar-refractivity contribution >= 4 is 5.91 Å². The van der Waals surface area contributed by atoms with Crippen molar-refractivity contribution in [3.63, 3.8) is 0 Å². The third-order valence-electron chi connectivity index (χ3n) is 2.15. The first-order valence-corrected chi connectivity index (χ1v) is 5.16. The summed E-state index contributed by atoms with van der Waals surface area (Å²) in [5.41, 5.74) is 6.70. The normalized spacial score (nSPS) is 12.1. The highest BCUT2D eigenvalue weighted by molar-refractivity contribution is 5.81. The number of aromatic nitrogens is 1. The number of nitrogens with one attached hydrogen (secondary N) is 1. The average Bonchev–Trinajstić information content (AvgIpc) is 2.27. The standard InChI is InChI=1S/C11H17N3O/c1-2-3-10(12)11(15)14-8-9-4-6-13-7-5-9/h4-7,10H,2-3,8,12H2,1H3,(H,14,15). The van der Waals surface area contributed by atoms with Gasteiger partial charge in [0.15, 0.2) is 0 Å². The van der Waals surface area contributed by atoms with E-state index in [-0.39, 0.29) is 5.91 Å². The van der Waals surface area contributed by atoms with Gasteiger partial charge in [-0.2, -0.15) is 0 Å². The Balaban J connectivity index is 2.34. The molecule has 0 saturated heterocycles. The monoisotopic (exact) mass is 207 g/mol. The van der Waals surface area contributed by atoms with Crippen LogP contribution in [0.1, 0.15) is 25.3 Å². The van der Waals surface area contributed by atoms with E-state index in [4.69, 9.17) is 5.73 Å². The summed E-state index contributed by atoms with van der Waals surface area (Å²) in [7, 11) is 0. The molecule has 0 aliphatic carbocycles. The lowest BCUT2D eigenvalue weighted by atomic mass is 10.1. The molecule has 0 bridgehead atoms. The van der Waals surface area contributed by atoms with E-state index in [0.29, 0.717) is 6.54 Å². The Morgan fingerprint density at radius 2 is 2.20 bits per heavy atom. The Morgan fingerprint density at radius 1 is 1.53 bits per heavy atom. The van der Waals surface area contributed by atoms with Crippen LogP contribution in [0, 0.1) is 0 Å². The van der Waals surface area contributed by atoms with E-state index in [1.165, 1.54) is 0 Å². The van der Waals surface area contributed by atoms with Crippen molar-refractivity contribution in [1.82, 2.24) is 10.3 Å². The minimum absolute atomic E-state index is 0.0892. The molecular weight excluding hydrogens is 190 g/mol. The molecule has 1 heterocycles. The van der Waals surface area contributed by atoms with Gasteiger partial charge in [-0.05, 0) is 24.1 Å². The number of carbonyl (C=O) groups is 1. The minimum Gasteiger partial charge on any atom is -0.351 e. The van der Waals surface area contributed by atoms with Crippen LogP contribution in [0.2, 0.25) is 0 Å². The molecule has 0 fully saturated rings. The van der Waals surface area contributed by atoms with Gasteiger partial charge < -0.3 is 11.1 Å². The largest absolute Gasteiger partial charge is 0.351 e. The van der Waals surface area contributed by atoms with Gasteiger partial charge in [-0.15, -0.1) is 0 Å². The SMILES string of the molecule is CCCC(N)C(=O)NCc1ccncc1. The van der Waals surface area contributed by atoms with Gasteiger partial charge in [0.05, 0.1) is 6.04 Å². The van der Waals surface area contributed by atoms with Crippen LogP contribution >= 0.6 is 0 Å². The molecular formula is C11H17N3O. The van der Waals surface area contributed by atoms with E-state index in [1.54, 1.807) is 12.4 Å². The van der Waals surface area contributed by atoms with Gasteiger partial charge in [-0.3, -0.25) is 9.78 Å². The summed E-state index contributed by atoms with van der Waals surface area (Å²) in [6.45, 7) is 2.52. The van der Waals surface area contributed by atoms with E-state index in [1.807, 2.05) is 19.1 Å². The molecule has 1 rings (SSSR count). The Morgan fingerprint density at radius 3 is 2.80 bits per heavy atom. The third-order valence-corrected chi connectivity index (χ3v) is 2.15. The first-order chi connectivity index (χ1) is 7.24. The van der Waals surface area contributed by atoms with Crippen LogP contribution in [0.15, 0.2) is 24.5 Å². The Hall–Kier alpha value is -1.42. The molecule has 0 saturated carbocycles. The first kappa shape index (κ1) is 11.7. The molecule has 4 nitrogen and oxygen atoms in total. The fourth-order valence-corrected chi connectivity index (χ4v) is 1.26. The van der Waals surface area contributed by atoms with Crippen molar-refractivity contribution in [3.8, 4) is 0 Å². The van der Waals surface area contributed by atoms with Gasteiger partial charge in [-0.25, -0.2) is 0 Å². The summed E-state index contributed by atoms with van der Waals surface area (Å²) in [6.07, 6.45) is 5.05. The average molecular weight is 207 g/mol. The van der Waals surface area contributed by atoms with Crippen LogP contribution in [0.3, 0.4) is 0 Å². The lowest BCUT2D eigenvalue weighted by molar-refractivity contribution is -0.122. The molecule has 0 aliphatic rings. The van der Waals surface area contributed by atoms with Gasteiger partial charge in [0.25, 0.3) is 0 Å². The van der Waals surface area contributed by atoms with E-state index in [9.17, 15) is 4.79 Å². The van der Waals surface area contributed by atoms with Crippen LogP contribution < -0.4 is 11.1 Å². The summed E-state index contributed by atoms with van der Waals surface area (Å²) in [5, 5.41) is 2.79. The summed E-state index contributed by atoms with van der Waals surface area (Å²) in [4.78, 5) is 15.4. The molecule has 1 aromatic heterocycles. The van der Waals surface area contributed by atoms with E-state index < -0.39 is 6.04 Å². The van der Waals surface area contributed by atoms with Gasteiger partial charge in [0.1, 0.15) is 0 Å². The predicted octanol–water partition coefficient (Wildman–Crippen LogP) is 0.825. The van der Waals surface area contributed by atoms with Crippen molar-refractivity contribution in [2.24, 2.45) is 5.73 Å². The molecule has 0 radical (unpaired) electrons. The lowest BCUT2D eigenvalue weighted by Gasteiger charge is -2.10. The zero-order chi connectivity index (χ0) is 11.1. The maximum Gasteiger partial charge on any atom is 0.237 e. The van der Waals surface area contributed by atoms with Crippen LogP contribution in [0.4, 0.5) is 0 Å². The number of nitrogens with zero attached hydrogens (tertiary/aromatic N) is 1. The highest BCUT2D eigenvalue weighted by Crippen LogP contribution is 1.97. The van der Waals surface area contributed by atoms with Crippen molar-refractivity contribution in [2.45, 2.75) is 32.4 Å².